The molecule has 13 heavy (non-hydrogen) atoms. The Bertz CT molecular complexity index is 352. The van der Waals surface area contributed by atoms with Crippen molar-refractivity contribution in [3.63, 3.8) is 0 Å². The fourth-order valence-electron chi connectivity index (χ4n) is 1.44. The van der Waals surface area contributed by atoms with Crippen molar-refractivity contribution < 1.29 is 4.74 Å². The number of rotatable bonds is 2. The van der Waals surface area contributed by atoms with Gasteiger partial charge in [0.1, 0.15) is 0 Å². The minimum absolute atomic E-state index is 0.569. The summed E-state index contributed by atoms with van der Waals surface area (Å²) in [7, 11) is 0. The molecule has 0 spiro atoms. The van der Waals surface area contributed by atoms with Gasteiger partial charge in [0.15, 0.2) is 0 Å². The molecule has 0 bridgehead atoms. The van der Waals surface area contributed by atoms with Gasteiger partial charge in [0.05, 0.1) is 19.8 Å². The van der Waals surface area contributed by atoms with Gasteiger partial charge in [-0.1, -0.05) is 12.0 Å². The second-order valence-electron chi connectivity index (χ2n) is 3.03. The van der Waals surface area contributed by atoms with Crippen molar-refractivity contribution >= 4 is 5.69 Å². The number of ether oxygens (including phenoxy) is 1. The smallest absolute Gasteiger partial charge is 0.0763 e. The van der Waals surface area contributed by atoms with E-state index in [0.29, 0.717) is 6.54 Å². The molecule has 2 heteroatoms. The van der Waals surface area contributed by atoms with E-state index in [1.807, 2.05) is 6.07 Å². The van der Waals surface area contributed by atoms with E-state index < -0.39 is 0 Å². The maximum atomic E-state index is 5.31. The average Bonchev–Trinajstić information content (AvgIpc) is 2.61. The lowest BCUT2D eigenvalue weighted by molar-refractivity contribution is 0.134. The summed E-state index contributed by atoms with van der Waals surface area (Å²) in [5, 5.41) is 3.13. The van der Waals surface area contributed by atoms with Crippen molar-refractivity contribution in [2.45, 2.75) is 13.2 Å². The number of anilines is 1. The number of hydrogen-bond acceptors (Lipinski definition) is 2. The Kier molecular flexibility index (Phi) is 2.20. The van der Waals surface area contributed by atoms with Gasteiger partial charge in [0, 0.05) is 5.69 Å². The minimum Gasteiger partial charge on any atom is -0.374 e. The standard InChI is InChI=1S/C11H11NO/c1-2-5-12-11-4-3-9-7-13-8-10(9)6-11/h1,3-4,6,12H,5,7-8H2. The molecular weight excluding hydrogens is 162 g/mol. The van der Waals surface area contributed by atoms with E-state index in [-0.39, 0.29) is 0 Å². The van der Waals surface area contributed by atoms with Crippen LogP contribution in [0.1, 0.15) is 11.1 Å². The summed E-state index contributed by atoms with van der Waals surface area (Å²) in [5.74, 6) is 2.54. The van der Waals surface area contributed by atoms with E-state index in [0.717, 1.165) is 18.9 Å². The molecule has 0 atom stereocenters. The van der Waals surface area contributed by atoms with Crippen LogP contribution in [0.25, 0.3) is 0 Å². The van der Waals surface area contributed by atoms with Crippen LogP contribution in [-0.4, -0.2) is 6.54 Å². The van der Waals surface area contributed by atoms with Crippen LogP contribution in [0.2, 0.25) is 0 Å². The lowest BCUT2D eigenvalue weighted by Gasteiger charge is -2.03. The number of benzene rings is 1. The summed E-state index contributed by atoms with van der Waals surface area (Å²) in [6.45, 7) is 2.03. The first-order valence-electron chi connectivity index (χ1n) is 4.27. The molecule has 2 rings (SSSR count). The highest BCUT2D eigenvalue weighted by Gasteiger charge is 2.10. The highest BCUT2D eigenvalue weighted by atomic mass is 16.5. The van der Waals surface area contributed by atoms with Gasteiger partial charge >= 0.3 is 0 Å². The summed E-state index contributed by atoms with van der Waals surface area (Å²) >= 11 is 0. The van der Waals surface area contributed by atoms with Crippen LogP contribution in [0.15, 0.2) is 18.2 Å². The van der Waals surface area contributed by atoms with Crippen LogP contribution in [0.3, 0.4) is 0 Å². The minimum atomic E-state index is 0.569. The Morgan fingerprint density at radius 2 is 2.23 bits per heavy atom. The first-order valence-corrected chi connectivity index (χ1v) is 4.27. The largest absolute Gasteiger partial charge is 0.374 e. The third-order valence-corrected chi connectivity index (χ3v) is 2.12. The fourth-order valence-corrected chi connectivity index (χ4v) is 1.44. The Morgan fingerprint density at radius 1 is 1.38 bits per heavy atom. The number of fused-ring (bicyclic) bond motifs is 1. The maximum Gasteiger partial charge on any atom is 0.0763 e. The van der Waals surface area contributed by atoms with Crippen LogP contribution in [0, 0.1) is 12.3 Å². The van der Waals surface area contributed by atoms with Crippen molar-refractivity contribution in [2.24, 2.45) is 0 Å². The maximum absolute atomic E-state index is 5.31. The van der Waals surface area contributed by atoms with E-state index in [1.165, 1.54) is 11.1 Å². The topological polar surface area (TPSA) is 21.3 Å². The van der Waals surface area contributed by atoms with Crippen LogP contribution in [-0.2, 0) is 18.0 Å². The molecule has 1 N–H and O–H groups in total. The summed E-state index contributed by atoms with van der Waals surface area (Å²) in [6, 6.07) is 6.21. The van der Waals surface area contributed by atoms with E-state index in [2.05, 4.69) is 23.4 Å². The van der Waals surface area contributed by atoms with Crippen LogP contribution < -0.4 is 5.32 Å². The highest BCUT2D eigenvalue weighted by molar-refractivity contribution is 5.49. The van der Waals surface area contributed by atoms with E-state index in [4.69, 9.17) is 11.2 Å². The SMILES string of the molecule is C#CCNc1ccc2c(c1)COC2. The molecule has 0 amide bonds. The third-order valence-electron chi connectivity index (χ3n) is 2.12. The Morgan fingerprint density at radius 3 is 3.08 bits per heavy atom. The third kappa shape index (κ3) is 1.66. The van der Waals surface area contributed by atoms with Crippen LogP contribution in [0.4, 0.5) is 5.69 Å². The van der Waals surface area contributed by atoms with Crippen LogP contribution in [0.5, 0.6) is 0 Å². The molecular formula is C11H11NO. The molecule has 1 aliphatic rings. The summed E-state index contributed by atoms with van der Waals surface area (Å²) < 4.78 is 5.31. The molecule has 0 aromatic heterocycles. The molecule has 66 valence electrons. The molecule has 1 aromatic rings. The van der Waals surface area contributed by atoms with Crippen molar-refractivity contribution in [2.75, 3.05) is 11.9 Å². The summed E-state index contributed by atoms with van der Waals surface area (Å²) in [5.41, 5.74) is 3.62. The van der Waals surface area contributed by atoms with Gasteiger partial charge < -0.3 is 10.1 Å². The van der Waals surface area contributed by atoms with Crippen molar-refractivity contribution in [1.82, 2.24) is 0 Å². The van der Waals surface area contributed by atoms with E-state index in [9.17, 15) is 0 Å². The molecule has 0 saturated heterocycles. The van der Waals surface area contributed by atoms with Gasteiger partial charge in [0.25, 0.3) is 0 Å². The Balaban J connectivity index is 2.17. The fraction of sp³-hybridized carbons (Fsp3) is 0.273. The predicted octanol–water partition coefficient (Wildman–Crippen LogP) is 1.76. The molecule has 0 aliphatic carbocycles. The second-order valence-corrected chi connectivity index (χ2v) is 3.03. The van der Waals surface area contributed by atoms with E-state index >= 15 is 0 Å². The van der Waals surface area contributed by atoms with Gasteiger partial charge in [0.2, 0.25) is 0 Å². The quantitative estimate of drug-likeness (QED) is 0.688. The van der Waals surface area contributed by atoms with Gasteiger partial charge in [-0.25, -0.2) is 0 Å². The van der Waals surface area contributed by atoms with Gasteiger partial charge in [-0.3, -0.25) is 0 Å². The van der Waals surface area contributed by atoms with Gasteiger partial charge in [-0.05, 0) is 23.3 Å². The molecule has 1 heterocycles. The monoisotopic (exact) mass is 173 g/mol. The zero-order valence-corrected chi connectivity index (χ0v) is 7.34. The normalized spacial score (nSPS) is 13.5. The van der Waals surface area contributed by atoms with Gasteiger partial charge in [-0.15, -0.1) is 6.42 Å². The van der Waals surface area contributed by atoms with Gasteiger partial charge in [-0.2, -0.15) is 0 Å². The molecule has 0 fully saturated rings. The van der Waals surface area contributed by atoms with Crippen molar-refractivity contribution in [3.05, 3.63) is 29.3 Å². The first kappa shape index (κ1) is 8.15. The molecule has 0 saturated carbocycles. The van der Waals surface area contributed by atoms with Crippen molar-refractivity contribution in [3.8, 4) is 12.3 Å². The number of hydrogen-bond donors (Lipinski definition) is 1. The second kappa shape index (κ2) is 3.51. The zero-order valence-electron chi connectivity index (χ0n) is 7.34. The summed E-state index contributed by atoms with van der Waals surface area (Å²) in [6.07, 6.45) is 5.15. The number of terminal acetylenes is 1. The van der Waals surface area contributed by atoms with E-state index in [1.54, 1.807) is 0 Å². The summed E-state index contributed by atoms with van der Waals surface area (Å²) in [4.78, 5) is 0. The zero-order chi connectivity index (χ0) is 9.10. The Hall–Kier alpha value is -1.46. The molecule has 2 nitrogen and oxygen atoms in total. The van der Waals surface area contributed by atoms with Crippen molar-refractivity contribution in [1.29, 1.82) is 0 Å². The Labute approximate surface area is 77.9 Å². The first-order chi connectivity index (χ1) is 6.40. The number of nitrogens with one attached hydrogen (secondary N) is 1. The average molecular weight is 173 g/mol. The molecule has 1 aliphatic heterocycles. The molecule has 1 aromatic carbocycles. The van der Waals surface area contributed by atoms with Crippen LogP contribution >= 0.6 is 0 Å². The molecule has 0 radical (unpaired) electrons. The predicted molar refractivity (Wildman–Crippen MR) is 52.3 cm³/mol. The lowest BCUT2D eigenvalue weighted by atomic mass is 10.1. The lowest BCUT2D eigenvalue weighted by Crippen LogP contribution is -1.98. The highest BCUT2D eigenvalue weighted by Crippen LogP contribution is 2.22. The molecule has 0 unspecified atom stereocenters.